The molecule has 0 spiro atoms. The fraction of sp³-hybridized carbons (Fsp3) is 0.545. The molecule has 0 saturated carbocycles. The minimum atomic E-state index is -0.825. The van der Waals surface area contributed by atoms with Crippen LogP contribution in [0.1, 0.15) is 38.7 Å². The molecule has 1 aliphatic rings. The minimum absolute atomic E-state index is 0.102. The maximum absolute atomic E-state index is 12.7. The number of ether oxygens (including phenoxy) is 1. The minimum Gasteiger partial charge on any atom is -0.449 e. The van der Waals surface area contributed by atoms with Crippen LogP contribution < -0.4 is 16.0 Å². The highest BCUT2D eigenvalue weighted by Crippen LogP contribution is 2.16. The summed E-state index contributed by atoms with van der Waals surface area (Å²) in [4.78, 5) is 48.0. The summed E-state index contributed by atoms with van der Waals surface area (Å²) in [5.41, 5.74) is 1.05. The number of amides is 3. The van der Waals surface area contributed by atoms with Crippen molar-refractivity contribution in [2.24, 2.45) is 11.8 Å². The van der Waals surface area contributed by atoms with Crippen molar-refractivity contribution in [1.29, 1.82) is 0 Å². The lowest BCUT2D eigenvalue weighted by Gasteiger charge is -2.23. The Labute approximate surface area is 177 Å². The zero-order valence-corrected chi connectivity index (χ0v) is 17.6. The molecule has 3 amide bonds. The van der Waals surface area contributed by atoms with Gasteiger partial charge in [-0.05, 0) is 30.7 Å². The molecular formula is C22H31N3O5. The lowest BCUT2D eigenvalue weighted by Crippen LogP contribution is -2.51. The molecule has 1 saturated heterocycles. The van der Waals surface area contributed by atoms with Crippen molar-refractivity contribution in [3.8, 4) is 0 Å². The van der Waals surface area contributed by atoms with Crippen LogP contribution in [0.2, 0.25) is 0 Å². The zero-order chi connectivity index (χ0) is 21.9. The molecule has 0 aliphatic carbocycles. The van der Waals surface area contributed by atoms with Crippen LogP contribution in [0.4, 0.5) is 4.79 Å². The number of aldehydes is 1. The lowest BCUT2D eigenvalue weighted by molar-refractivity contribution is -0.127. The summed E-state index contributed by atoms with van der Waals surface area (Å²) < 4.78 is 5.21. The van der Waals surface area contributed by atoms with Crippen molar-refractivity contribution in [3.05, 3.63) is 35.9 Å². The van der Waals surface area contributed by atoms with Gasteiger partial charge in [0.2, 0.25) is 11.8 Å². The van der Waals surface area contributed by atoms with E-state index in [1.54, 1.807) is 0 Å². The van der Waals surface area contributed by atoms with Crippen LogP contribution in [-0.4, -0.2) is 49.4 Å². The van der Waals surface area contributed by atoms with Crippen molar-refractivity contribution in [2.45, 2.75) is 51.6 Å². The van der Waals surface area contributed by atoms with Crippen molar-refractivity contribution in [3.63, 3.8) is 0 Å². The summed E-state index contributed by atoms with van der Waals surface area (Å²) in [5, 5.41) is 7.97. The number of carbonyl (C=O) groups is 4. The standard InChI is InChI=1S/C22H31N3O5/c1-15(2)12-19(25-22(29)30-11-9-16-6-4-3-5-7-16)21(28)24-18(14-26)13-17-8-10-23-20(17)27/h3-7,14-15,17-19H,8-13H2,1-2H3,(H,23,27)(H,24,28)(H,25,29)/t17?,18-,19-/m0/s1. The van der Waals surface area contributed by atoms with Crippen LogP contribution in [0, 0.1) is 11.8 Å². The predicted molar refractivity (Wildman–Crippen MR) is 112 cm³/mol. The van der Waals surface area contributed by atoms with Gasteiger partial charge in [0.05, 0.1) is 12.6 Å². The number of nitrogens with one attached hydrogen (secondary N) is 3. The molecule has 3 N–H and O–H groups in total. The Hall–Kier alpha value is -2.90. The average molecular weight is 418 g/mol. The second-order valence-corrected chi connectivity index (χ2v) is 7.96. The molecule has 1 heterocycles. The highest BCUT2D eigenvalue weighted by Gasteiger charge is 2.30. The van der Waals surface area contributed by atoms with E-state index in [2.05, 4.69) is 16.0 Å². The van der Waals surface area contributed by atoms with Crippen LogP contribution in [0.15, 0.2) is 30.3 Å². The van der Waals surface area contributed by atoms with E-state index < -0.39 is 24.1 Å². The van der Waals surface area contributed by atoms with Gasteiger partial charge in [0.1, 0.15) is 12.3 Å². The van der Waals surface area contributed by atoms with E-state index in [4.69, 9.17) is 4.74 Å². The maximum Gasteiger partial charge on any atom is 0.407 e. The first kappa shape index (κ1) is 23.4. The van der Waals surface area contributed by atoms with Gasteiger partial charge in [-0.25, -0.2) is 4.79 Å². The second-order valence-electron chi connectivity index (χ2n) is 7.96. The van der Waals surface area contributed by atoms with E-state index >= 15 is 0 Å². The number of alkyl carbamates (subject to hydrolysis) is 1. The quantitative estimate of drug-likeness (QED) is 0.473. The first-order chi connectivity index (χ1) is 14.4. The molecule has 0 aromatic heterocycles. The number of carbonyl (C=O) groups excluding carboxylic acids is 4. The summed E-state index contributed by atoms with van der Waals surface area (Å²) in [6.45, 7) is 4.64. The van der Waals surface area contributed by atoms with Crippen molar-refractivity contribution >= 4 is 24.2 Å². The van der Waals surface area contributed by atoms with Crippen LogP contribution in [0.3, 0.4) is 0 Å². The van der Waals surface area contributed by atoms with Gasteiger partial charge in [0.15, 0.2) is 0 Å². The summed E-state index contributed by atoms with van der Waals surface area (Å²) >= 11 is 0. The fourth-order valence-electron chi connectivity index (χ4n) is 3.40. The zero-order valence-electron chi connectivity index (χ0n) is 17.6. The molecular weight excluding hydrogens is 386 g/mol. The molecule has 1 aromatic rings. The molecule has 1 aromatic carbocycles. The van der Waals surface area contributed by atoms with Crippen LogP contribution in [0.5, 0.6) is 0 Å². The van der Waals surface area contributed by atoms with Gasteiger partial charge in [-0.2, -0.15) is 0 Å². The summed E-state index contributed by atoms with van der Waals surface area (Å²) in [6, 6.07) is 8.03. The van der Waals surface area contributed by atoms with E-state index in [1.165, 1.54) is 0 Å². The van der Waals surface area contributed by atoms with Gasteiger partial charge in [-0.3, -0.25) is 9.59 Å². The monoisotopic (exact) mass is 417 g/mol. The first-order valence-corrected chi connectivity index (χ1v) is 10.4. The highest BCUT2D eigenvalue weighted by molar-refractivity contribution is 5.88. The van der Waals surface area contributed by atoms with E-state index in [1.807, 2.05) is 44.2 Å². The third kappa shape index (κ3) is 7.85. The average Bonchev–Trinajstić information content (AvgIpc) is 3.11. The molecule has 3 atom stereocenters. The fourth-order valence-corrected chi connectivity index (χ4v) is 3.40. The highest BCUT2D eigenvalue weighted by atomic mass is 16.5. The van der Waals surface area contributed by atoms with Crippen molar-refractivity contribution < 1.29 is 23.9 Å². The topological polar surface area (TPSA) is 114 Å². The van der Waals surface area contributed by atoms with E-state index in [0.29, 0.717) is 32.1 Å². The SMILES string of the molecule is CC(C)C[C@H](NC(=O)OCCc1ccccc1)C(=O)N[C@H](C=O)CC1CCNC1=O. The Bertz CT molecular complexity index is 723. The Balaban J connectivity index is 1.85. The van der Waals surface area contributed by atoms with Gasteiger partial charge in [-0.15, -0.1) is 0 Å². The third-order valence-electron chi connectivity index (χ3n) is 4.98. The molecule has 0 bridgehead atoms. The Morgan fingerprint density at radius 3 is 2.57 bits per heavy atom. The number of hydrogen-bond acceptors (Lipinski definition) is 5. The molecule has 8 nitrogen and oxygen atoms in total. The van der Waals surface area contributed by atoms with Gasteiger partial charge in [0, 0.05) is 18.9 Å². The number of benzene rings is 1. The normalized spacial score (nSPS) is 17.7. The first-order valence-electron chi connectivity index (χ1n) is 10.4. The van der Waals surface area contributed by atoms with Crippen LogP contribution in [0.25, 0.3) is 0 Å². The number of rotatable bonds is 11. The molecule has 8 heteroatoms. The summed E-state index contributed by atoms with van der Waals surface area (Å²) in [7, 11) is 0. The molecule has 164 valence electrons. The molecule has 1 aliphatic heterocycles. The second kappa shape index (κ2) is 11.9. The van der Waals surface area contributed by atoms with Crippen LogP contribution in [-0.2, 0) is 25.5 Å². The lowest BCUT2D eigenvalue weighted by atomic mass is 9.98. The Kier molecular flexibility index (Phi) is 9.31. The van der Waals surface area contributed by atoms with Gasteiger partial charge in [0.25, 0.3) is 0 Å². The van der Waals surface area contributed by atoms with Gasteiger partial charge >= 0.3 is 6.09 Å². The largest absolute Gasteiger partial charge is 0.449 e. The van der Waals surface area contributed by atoms with Gasteiger partial charge < -0.3 is 25.5 Å². The predicted octanol–water partition coefficient (Wildman–Crippen LogP) is 1.58. The molecule has 1 unspecified atom stereocenters. The number of hydrogen-bond donors (Lipinski definition) is 3. The summed E-state index contributed by atoms with van der Waals surface area (Å²) in [6.07, 6.45) is 1.82. The third-order valence-corrected chi connectivity index (χ3v) is 4.98. The van der Waals surface area contributed by atoms with Crippen molar-refractivity contribution in [1.82, 2.24) is 16.0 Å². The molecule has 30 heavy (non-hydrogen) atoms. The van der Waals surface area contributed by atoms with E-state index in [9.17, 15) is 19.2 Å². The smallest absolute Gasteiger partial charge is 0.407 e. The summed E-state index contributed by atoms with van der Waals surface area (Å²) in [5.74, 6) is -0.713. The van der Waals surface area contributed by atoms with Gasteiger partial charge in [-0.1, -0.05) is 44.2 Å². The van der Waals surface area contributed by atoms with E-state index in [0.717, 1.165) is 5.56 Å². The molecule has 1 fully saturated rings. The molecule has 2 rings (SSSR count). The van der Waals surface area contributed by atoms with E-state index in [-0.39, 0.29) is 30.8 Å². The Morgan fingerprint density at radius 2 is 1.97 bits per heavy atom. The molecule has 0 radical (unpaired) electrons. The van der Waals surface area contributed by atoms with Crippen LogP contribution >= 0.6 is 0 Å². The maximum atomic E-state index is 12.7. The van der Waals surface area contributed by atoms with Crippen molar-refractivity contribution in [2.75, 3.05) is 13.2 Å². The Morgan fingerprint density at radius 1 is 1.23 bits per heavy atom.